The molecule has 0 radical (unpaired) electrons. The number of carbonyl (C=O) groups excluding carboxylic acids is 1. The summed E-state index contributed by atoms with van der Waals surface area (Å²) in [6, 6.07) is -0.0559. The molecule has 7 nitrogen and oxygen atoms in total. The van der Waals surface area contributed by atoms with Crippen LogP contribution in [0.2, 0.25) is 0 Å². The largest absolute Gasteiger partial charge is 0.322 e. The molecule has 0 saturated heterocycles. The molecule has 3 heterocycles. The zero-order chi connectivity index (χ0) is 21.6. The number of thioether (sulfide) groups is 1. The number of fused-ring (bicyclic) bond motifs is 1. The van der Waals surface area contributed by atoms with E-state index in [9.17, 15) is 9.59 Å². The number of amides is 1. The van der Waals surface area contributed by atoms with E-state index in [-0.39, 0.29) is 17.5 Å². The highest BCUT2D eigenvalue weighted by Crippen LogP contribution is 2.31. The molecular weight excluding hydrogens is 406 g/mol. The van der Waals surface area contributed by atoms with Gasteiger partial charge < -0.3 is 5.32 Å². The van der Waals surface area contributed by atoms with Crippen molar-refractivity contribution in [2.75, 3.05) is 5.32 Å². The molecule has 0 bridgehead atoms. The molecule has 3 rings (SSSR count). The summed E-state index contributed by atoms with van der Waals surface area (Å²) in [4.78, 5) is 32.6. The Kier molecular flexibility index (Phi) is 5.91. The van der Waals surface area contributed by atoms with Crippen molar-refractivity contribution in [1.82, 2.24) is 19.3 Å². The second-order valence-electron chi connectivity index (χ2n) is 7.55. The van der Waals surface area contributed by atoms with Crippen molar-refractivity contribution in [2.45, 2.75) is 64.9 Å². The predicted octanol–water partition coefficient (Wildman–Crippen LogP) is 4.13. The molecule has 0 saturated carbocycles. The molecule has 0 fully saturated rings. The maximum atomic E-state index is 13.2. The molecule has 1 atom stereocenters. The lowest BCUT2D eigenvalue weighted by Gasteiger charge is -2.18. The van der Waals surface area contributed by atoms with Crippen molar-refractivity contribution in [3.05, 3.63) is 32.2 Å². The molecule has 9 heteroatoms. The highest BCUT2D eigenvalue weighted by Gasteiger charge is 2.24. The number of rotatable bonds is 5. The lowest BCUT2D eigenvalue weighted by Crippen LogP contribution is -2.28. The molecule has 1 unspecified atom stereocenters. The summed E-state index contributed by atoms with van der Waals surface area (Å²) in [6.07, 6.45) is 0. The first-order valence-corrected chi connectivity index (χ1v) is 11.2. The van der Waals surface area contributed by atoms with Crippen LogP contribution in [0.25, 0.3) is 10.2 Å². The Morgan fingerprint density at radius 1 is 1.17 bits per heavy atom. The molecule has 1 N–H and O–H groups in total. The number of anilines is 1. The van der Waals surface area contributed by atoms with Gasteiger partial charge in [-0.15, -0.1) is 11.3 Å². The second-order valence-corrected chi connectivity index (χ2v) is 10.1. The summed E-state index contributed by atoms with van der Waals surface area (Å²) in [5, 5.41) is 8.15. The third-order valence-electron chi connectivity index (χ3n) is 5.13. The Morgan fingerprint density at radius 3 is 2.38 bits per heavy atom. The number of hydrogen-bond donors (Lipinski definition) is 1. The molecule has 0 aromatic carbocycles. The van der Waals surface area contributed by atoms with E-state index < -0.39 is 5.25 Å². The standard InChI is InChI=1S/C20H27N5O2S2/c1-9(2)25-19(27)15-10(3)13(6)28-18(15)22-20(25)29-14(7)17(26)21-16-11(4)23-24(8)12(16)5/h9,14H,1-8H3,(H,21,26). The van der Waals surface area contributed by atoms with E-state index in [1.807, 2.05) is 55.5 Å². The van der Waals surface area contributed by atoms with Gasteiger partial charge in [-0.3, -0.25) is 18.8 Å². The molecule has 0 aliphatic heterocycles. The van der Waals surface area contributed by atoms with Crippen LogP contribution in [0, 0.1) is 27.7 Å². The minimum atomic E-state index is -0.425. The topological polar surface area (TPSA) is 81.8 Å². The van der Waals surface area contributed by atoms with Crippen molar-refractivity contribution >= 4 is 44.9 Å². The first kappa shape index (κ1) is 21.6. The maximum absolute atomic E-state index is 13.2. The third kappa shape index (κ3) is 3.85. The van der Waals surface area contributed by atoms with Crippen LogP contribution in [0.4, 0.5) is 5.69 Å². The Bertz CT molecular complexity index is 1160. The number of nitrogens with zero attached hydrogens (tertiary/aromatic N) is 4. The van der Waals surface area contributed by atoms with E-state index in [0.29, 0.717) is 10.5 Å². The smallest absolute Gasteiger partial charge is 0.263 e. The summed E-state index contributed by atoms with van der Waals surface area (Å²) >= 11 is 2.83. The minimum Gasteiger partial charge on any atom is -0.322 e. The van der Waals surface area contributed by atoms with Crippen molar-refractivity contribution < 1.29 is 4.79 Å². The molecule has 3 aromatic rings. The van der Waals surface area contributed by atoms with Crippen LogP contribution < -0.4 is 10.9 Å². The van der Waals surface area contributed by atoms with E-state index in [1.165, 1.54) is 23.1 Å². The van der Waals surface area contributed by atoms with Crippen molar-refractivity contribution in [3.8, 4) is 0 Å². The monoisotopic (exact) mass is 433 g/mol. The van der Waals surface area contributed by atoms with E-state index >= 15 is 0 Å². The first-order valence-electron chi connectivity index (χ1n) is 9.52. The molecule has 156 valence electrons. The highest BCUT2D eigenvalue weighted by atomic mass is 32.2. The van der Waals surface area contributed by atoms with E-state index in [2.05, 4.69) is 10.4 Å². The Balaban J connectivity index is 1.95. The van der Waals surface area contributed by atoms with Gasteiger partial charge in [0, 0.05) is 18.0 Å². The normalized spacial score (nSPS) is 12.7. The molecule has 0 aliphatic carbocycles. The fourth-order valence-electron chi connectivity index (χ4n) is 3.22. The van der Waals surface area contributed by atoms with E-state index in [0.717, 1.165) is 32.3 Å². The number of nitrogens with one attached hydrogen (secondary N) is 1. The summed E-state index contributed by atoms with van der Waals surface area (Å²) in [5.41, 5.74) is 3.36. The van der Waals surface area contributed by atoms with Crippen LogP contribution in [0.1, 0.15) is 48.6 Å². The highest BCUT2D eigenvalue weighted by molar-refractivity contribution is 8.00. The van der Waals surface area contributed by atoms with Gasteiger partial charge in [-0.05, 0) is 54.0 Å². The van der Waals surface area contributed by atoms with Gasteiger partial charge in [0.1, 0.15) is 4.83 Å². The molecule has 1 amide bonds. The van der Waals surface area contributed by atoms with Gasteiger partial charge in [0.25, 0.3) is 5.56 Å². The fourth-order valence-corrected chi connectivity index (χ4v) is 5.33. The molecule has 0 aliphatic rings. The number of carbonyl (C=O) groups is 1. The Morgan fingerprint density at radius 2 is 1.83 bits per heavy atom. The summed E-state index contributed by atoms with van der Waals surface area (Å²) in [7, 11) is 1.85. The van der Waals surface area contributed by atoms with Crippen molar-refractivity contribution in [1.29, 1.82) is 0 Å². The number of thiophene rings is 1. The molecular formula is C20H27N5O2S2. The van der Waals surface area contributed by atoms with Crippen LogP contribution in [0.5, 0.6) is 0 Å². The van der Waals surface area contributed by atoms with Gasteiger partial charge in [0.05, 0.1) is 27.7 Å². The van der Waals surface area contributed by atoms with Gasteiger partial charge in [-0.1, -0.05) is 11.8 Å². The summed E-state index contributed by atoms with van der Waals surface area (Å²) < 4.78 is 3.44. The van der Waals surface area contributed by atoms with Crippen molar-refractivity contribution in [2.24, 2.45) is 7.05 Å². The third-order valence-corrected chi connectivity index (χ3v) is 7.30. The SMILES string of the molecule is Cc1nn(C)c(C)c1NC(=O)C(C)Sc1nc2sc(C)c(C)c2c(=O)n1C(C)C. The lowest BCUT2D eigenvalue weighted by molar-refractivity contribution is -0.115. The minimum absolute atomic E-state index is 0.0408. The molecule has 3 aromatic heterocycles. The van der Waals surface area contributed by atoms with Gasteiger partial charge in [-0.2, -0.15) is 5.10 Å². The zero-order valence-electron chi connectivity index (χ0n) is 18.1. The van der Waals surface area contributed by atoms with Crippen LogP contribution in [-0.2, 0) is 11.8 Å². The molecule has 0 spiro atoms. The first-order chi connectivity index (χ1) is 13.5. The number of aromatic nitrogens is 4. The van der Waals surface area contributed by atoms with E-state index in [4.69, 9.17) is 4.98 Å². The summed E-state index contributed by atoms with van der Waals surface area (Å²) in [5.74, 6) is -0.141. The number of aryl methyl sites for hydroxylation is 4. The number of hydrogen-bond acceptors (Lipinski definition) is 6. The van der Waals surface area contributed by atoms with Crippen LogP contribution >= 0.6 is 23.1 Å². The van der Waals surface area contributed by atoms with Gasteiger partial charge >= 0.3 is 0 Å². The lowest BCUT2D eigenvalue weighted by atomic mass is 10.2. The summed E-state index contributed by atoms with van der Waals surface area (Å²) in [6.45, 7) is 13.5. The van der Waals surface area contributed by atoms with Gasteiger partial charge in [0.15, 0.2) is 5.16 Å². The average molecular weight is 434 g/mol. The van der Waals surface area contributed by atoms with Crippen LogP contribution in [-0.4, -0.2) is 30.5 Å². The van der Waals surface area contributed by atoms with Crippen LogP contribution in [0.15, 0.2) is 9.95 Å². The van der Waals surface area contributed by atoms with Gasteiger partial charge in [-0.25, -0.2) is 4.98 Å². The molecule has 29 heavy (non-hydrogen) atoms. The Labute approximate surface area is 178 Å². The predicted molar refractivity (Wildman–Crippen MR) is 120 cm³/mol. The van der Waals surface area contributed by atoms with E-state index in [1.54, 1.807) is 9.25 Å². The Hall–Kier alpha value is -2.13. The maximum Gasteiger partial charge on any atom is 0.263 e. The van der Waals surface area contributed by atoms with Gasteiger partial charge in [0.2, 0.25) is 5.91 Å². The fraction of sp³-hybridized carbons (Fsp3) is 0.500. The van der Waals surface area contributed by atoms with Crippen LogP contribution in [0.3, 0.4) is 0 Å². The second kappa shape index (κ2) is 7.95. The quantitative estimate of drug-likeness (QED) is 0.483. The van der Waals surface area contributed by atoms with Crippen molar-refractivity contribution in [3.63, 3.8) is 0 Å². The zero-order valence-corrected chi connectivity index (χ0v) is 19.7. The average Bonchev–Trinajstić information content (AvgIpc) is 3.04.